The molecule has 0 N–H and O–H groups in total. The molecule has 1 saturated heterocycles. The Balaban J connectivity index is 1.63. The van der Waals surface area contributed by atoms with Gasteiger partial charge in [-0.05, 0) is 24.3 Å². The summed E-state index contributed by atoms with van der Waals surface area (Å²) in [6.45, 7) is 0.639. The van der Waals surface area contributed by atoms with E-state index in [4.69, 9.17) is 21.1 Å². The van der Waals surface area contributed by atoms with Crippen LogP contribution >= 0.6 is 23.4 Å². The Bertz CT molecular complexity index is 948. The summed E-state index contributed by atoms with van der Waals surface area (Å²) >= 11 is 7.52. The molecule has 1 aromatic heterocycles. The number of para-hydroxylation sites is 2. The average molecular weight is 402 g/mol. The highest BCUT2D eigenvalue weighted by Crippen LogP contribution is 2.31. The van der Waals surface area contributed by atoms with Crippen molar-refractivity contribution in [1.29, 1.82) is 0 Å². The molecule has 0 unspecified atom stereocenters. The van der Waals surface area contributed by atoms with Gasteiger partial charge < -0.3 is 9.47 Å². The maximum atomic E-state index is 11.8. The number of carbonyl (C=O) groups is 1. The van der Waals surface area contributed by atoms with E-state index in [0.717, 1.165) is 5.69 Å². The first kappa shape index (κ1) is 17.9. The number of thioether (sulfide) groups is 1. The number of carbonyl (C=O) groups excluding carboxylic acids is 1. The van der Waals surface area contributed by atoms with Crippen LogP contribution in [0.3, 0.4) is 0 Å². The molecule has 2 heterocycles. The third-order valence-corrected chi connectivity index (χ3v) is 5.54. The molecule has 0 aliphatic carbocycles. The maximum Gasteiger partial charge on any atom is 0.319 e. The van der Waals surface area contributed by atoms with Crippen molar-refractivity contribution < 1.29 is 14.3 Å². The number of hydrogen-bond acceptors (Lipinski definition) is 6. The SMILES string of the molecule is O=C1OCC[C@H]1Sc1nnc(COc2ccccc2Cl)n1-c1ccccc1. The van der Waals surface area contributed by atoms with Crippen LogP contribution in [0.25, 0.3) is 5.69 Å². The van der Waals surface area contributed by atoms with Crippen LogP contribution in [-0.4, -0.2) is 32.6 Å². The zero-order chi connectivity index (χ0) is 18.6. The van der Waals surface area contributed by atoms with E-state index in [0.29, 0.717) is 34.8 Å². The van der Waals surface area contributed by atoms with Crippen molar-refractivity contribution >= 4 is 29.3 Å². The molecule has 8 heteroatoms. The van der Waals surface area contributed by atoms with E-state index in [1.807, 2.05) is 47.0 Å². The van der Waals surface area contributed by atoms with Crippen LogP contribution in [0.2, 0.25) is 5.02 Å². The zero-order valence-electron chi connectivity index (χ0n) is 14.2. The molecule has 0 amide bonds. The van der Waals surface area contributed by atoms with Crippen LogP contribution in [0, 0.1) is 0 Å². The molecule has 1 aliphatic heterocycles. The topological polar surface area (TPSA) is 66.2 Å². The maximum absolute atomic E-state index is 11.8. The number of rotatable bonds is 6. The number of cyclic esters (lactones) is 1. The molecule has 0 radical (unpaired) electrons. The third kappa shape index (κ3) is 3.94. The van der Waals surface area contributed by atoms with E-state index in [2.05, 4.69) is 10.2 Å². The van der Waals surface area contributed by atoms with Crippen LogP contribution in [0.4, 0.5) is 0 Å². The fourth-order valence-corrected chi connectivity index (χ4v) is 3.95. The second-order valence-electron chi connectivity index (χ2n) is 5.85. The lowest BCUT2D eigenvalue weighted by molar-refractivity contribution is -0.137. The normalized spacial score (nSPS) is 16.3. The lowest BCUT2D eigenvalue weighted by atomic mass is 10.3. The summed E-state index contributed by atoms with van der Waals surface area (Å²) in [5.74, 6) is 0.988. The van der Waals surface area contributed by atoms with Crippen molar-refractivity contribution in [3.8, 4) is 11.4 Å². The van der Waals surface area contributed by atoms with Gasteiger partial charge >= 0.3 is 5.97 Å². The Kier molecular flexibility index (Phi) is 5.31. The first-order valence-electron chi connectivity index (χ1n) is 8.43. The minimum absolute atomic E-state index is 0.196. The van der Waals surface area contributed by atoms with Gasteiger partial charge in [0, 0.05) is 12.1 Å². The smallest absolute Gasteiger partial charge is 0.319 e. The summed E-state index contributed by atoms with van der Waals surface area (Å²) < 4.78 is 12.8. The Hall–Kier alpha value is -2.51. The fourth-order valence-electron chi connectivity index (χ4n) is 2.72. The highest BCUT2D eigenvalue weighted by Gasteiger charge is 2.30. The van der Waals surface area contributed by atoms with Crippen molar-refractivity contribution in [3.05, 3.63) is 65.4 Å². The minimum Gasteiger partial charge on any atom is -0.484 e. The van der Waals surface area contributed by atoms with Gasteiger partial charge in [0.15, 0.2) is 11.0 Å². The van der Waals surface area contributed by atoms with Crippen LogP contribution in [0.15, 0.2) is 59.8 Å². The molecule has 138 valence electrons. The predicted octanol–water partition coefficient (Wildman–Crippen LogP) is 3.91. The van der Waals surface area contributed by atoms with Crippen molar-refractivity contribution in [2.75, 3.05) is 6.61 Å². The molecular weight excluding hydrogens is 386 g/mol. The predicted molar refractivity (Wildman–Crippen MR) is 102 cm³/mol. The molecule has 0 bridgehead atoms. The van der Waals surface area contributed by atoms with Gasteiger partial charge in [-0.25, -0.2) is 0 Å². The summed E-state index contributed by atoms with van der Waals surface area (Å²) in [5, 5.41) is 9.45. The highest BCUT2D eigenvalue weighted by atomic mass is 35.5. The molecule has 0 spiro atoms. The van der Waals surface area contributed by atoms with Gasteiger partial charge in [0.05, 0.1) is 11.6 Å². The number of halogens is 1. The minimum atomic E-state index is -0.269. The van der Waals surface area contributed by atoms with Gasteiger partial charge in [-0.15, -0.1) is 10.2 Å². The summed E-state index contributed by atoms with van der Waals surface area (Å²) in [6, 6.07) is 17.0. The van der Waals surface area contributed by atoms with Gasteiger partial charge in [-0.3, -0.25) is 9.36 Å². The molecule has 0 saturated carbocycles. The van der Waals surface area contributed by atoms with Crippen molar-refractivity contribution in [1.82, 2.24) is 14.8 Å². The highest BCUT2D eigenvalue weighted by molar-refractivity contribution is 8.00. The summed E-state index contributed by atoms with van der Waals surface area (Å²) in [6.07, 6.45) is 0.663. The molecule has 1 fully saturated rings. The standard InChI is InChI=1S/C19H16ClN3O3S/c20-14-8-4-5-9-15(14)26-12-17-21-22-19(27-16-10-11-25-18(16)24)23(17)13-6-2-1-3-7-13/h1-9,16H,10-12H2/t16-/m1/s1. The number of ether oxygens (including phenoxy) is 2. The lowest BCUT2D eigenvalue weighted by Crippen LogP contribution is -2.12. The number of esters is 1. The van der Waals surface area contributed by atoms with E-state index < -0.39 is 0 Å². The summed E-state index contributed by atoms with van der Waals surface area (Å²) in [4.78, 5) is 11.8. The monoisotopic (exact) mass is 401 g/mol. The number of aromatic nitrogens is 3. The van der Waals surface area contributed by atoms with Crippen molar-refractivity contribution in [2.24, 2.45) is 0 Å². The van der Waals surface area contributed by atoms with Gasteiger partial charge in [0.1, 0.15) is 17.6 Å². The van der Waals surface area contributed by atoms with Crippen LogP contribution in [-0.2, 0) is 16.1 Å². The molecule has 27 heavy (non-hydrogen) atoms. The van der Waals surface area contributed by atoms with Crippen LogP contribution < -0.4 is 4.74 Å². The second-order valence-corrected chi connectivity index (χ2v) is 7.43. The van der Waals surface area contributed by atoms with E-state index >= 15 is 0 Å². The fraction of sp³-hybridized carbons (Fsp3) is 0.211. The van der Waals surface area contributed by atoms with Crippen LogP contribution in [0.5, 0.6) is 5.75 Å². The Morgan fingerprint density at radius 3 is 2.67 bits per heavy atom. The molecule has 3 aromatic rings. The quantitative estimate of drug-likeness (QED) is 0.583. The Morgan fingerprint density at radius 2 is 1.93 bits per heavy atom. The summed E-state index contributed by atoms with van der Waals surface area (Å²) in [5.41, 5.74) is 0.897. The molecule has 2 aromatic carbocycles. The molecule has 6 nitrogen and oxygen atoms in total. The Labute approximate surface area is 165 Å². The molecular formula is C19H16ClN3O3S. The van der Waals surface area contributed by atoms with E-state index in [1.165, 1.54) is 11.8 Å². The van der Waals surface area contributed by atoms with Crippen molar-refractivity contribution in [3.63, 3.8) is 0 Å². The van der Waals surface area contributed by atoms with Crippen molar-refractivity contribution in [2.45, 2.75) is 23.4 Å². The second kappa shape index (κ2) is 8.02. The number of nitrogens with zero attached hydrogens (tertiary/aromatic N) is 3. The number of benzene rings is 2. The van der Waals surface area contributed by atoms with Gasteiger partial charge in [0.2, 0.25) is 0 Å². The lowest BCUT2D eigenvalue weighted by Gasteiger charge is -2.12. The molecule has 1 atom stereocenters. The zero-order valence-corrected chi connectivity index (χ0v) is 15.8. The van der Waals surface area contributed by atoms with E-state index in [-0.39, 0.29) is 17.8 Å². The van der Waals surface area contributed by atoms with Gasteiger partial charge in [-0.2, -0.15) is 0 Å². The number of hydrogen-bond donors (Lipinski definition) is 0. The van der Waals surface area contributed by atoms with E-state index in [1.54, 1.807) is 12.1 Å². The molecule has 1 aliphatic rings. The van der Waals surface area contributed by atoms with Gasteiger partial charge in [0.25, 0.3) is 0 Å². The first-order chi connectivity index (χ1) is 13.2. The first-order valence-corrected chi connectivity index (χ1v) is 9.68. The third-order valence-electron chi connectivity index (χ3n) is 4.04. The van der Waals surface area contributed by atoms with Gasteiger partial charge in [-0.1, -0.05) is 53.7 Å². The van der Waals surface area contributed by atoms with Crippen LogP contribution in [0.1, 0.15) is 12.2 Å². The van der Waals surface area contributed by atoms with E-state index in [9.17, 15) is 4.79 Å². The summed E-state index contributed by atoms with van der Waals surface area (Å²) in [7, 11) is 0. The Morgan fingerprint density at radius 1 is 1.15 bits per heavy atom. The largest absolute Gasteiger partial charge is 0.484 e. The molecule has 4 rings (SSSR count). The average Bonchev–Trinajstić information content (AvgIpc) is 3.28.